The van der Waals surface area contributed by atoms with Crippen molar-refractivity contribution < 1.29 is 4.79 Å². The summed E-state index contributed by atoms with van der Waals surface area (Å²) in [5, 5.41) is 3.41. The van der Waals surface area contributed by atoms with Gasteiger partial charge in [-0.1, -0.05) is 41.9 Å². The first-order valence-corrected chi connectivity index (χ1v) is 6.39. The minimum absolute atomic E-state index is 0.0311. The first-order chi connectivity index (χ1) is 9.19. The fraction of sp³-hybridized carbons (Fsp3) is 0.133. The van der Waals surface area contributed by atoms with E-state index in [1.165, 1.54) is 5.56 Å². The number of anilines is 1. The molecule has 0 heterocycles. The van der Waals surface area contributed by atoms with Gasteiger partial charge in [-0.15, -0.1) is 0 Å². The Bertz CT molecular complexity index is 570. The van der Waals surface area contributed by atoms with Crippen LogP contribution in [0.1, 0.15) is 11.1 Å². The number of rotatable bonds is 4. The Hall–Kier alpha value is -1.84. The van der Waals surface area contributed by atoms with Crippen LogP contribution >= 0.6 is 11.6 Å². The molecule has 0 unspecified atom stereocenters. The van der Waals surface area contributed by atoms with Gasteiger partial charge in [-0.3, -0.25) is 4.79 Å². The third kappa shape index (κ3) is 3.81. The Morgan fingerprint density at radius 3 is 2.58 bits per heavy atom. The Morgan fingerprint density at radius 2 is 1.89 bits per heavy atom. The van der Waals surface area contributed by atoms with E-state index in [2.05, 4.69) is 5.32 Å². The molecule has 3 nitrogen and oxygen atoms in total. The predicted octanol–water partition coefficient (Wildman–Crippen LogP) is 2.83. The van der Waals surface area contributed by atoms with E-state index in [9.17, 15) is 4.79 Å². The third-order valence-corrected chi connectivity index (χ3v) is 3.12. The summed E-state index contributed by atoms with van der Waals surface area (Å²) in [5.74, 6) is -0.215. The van der Waals surface area contributed by atoms with Gasteiger partial charge in [0.15, 0.2) is 0 Å². The molecule has 1 amide bonds. The maximum Gasteiger partial charge on any atom is 0.238 e. The molecular weight excluding hydrogens is 260 g/mol. The highest BCUT2D eigenvalue weighted by Gasteiger charge is 2.05. The van der Waals surface area contributed by atoms with E-state index in [1.807, 2.05) is 36.4 Å². The van der Waals surface area contributed by atoms with Crippen molar-refractivity contribution in [2.24, 2.45) is 5.73 Å². The summed E-state index contributed by atoms with van der Waals surface area (Å²) >= 11 is 6.18. The van der Waals surface area contributed by atoms with E-state index in [0.29, 0.717) is 10.7 Å². The van der Waals surface area contributed by atoms with Crippen molar-refractivity contribution >= 4 is 23.2 Å². The van der Waals surface area contributed by atoms with Gasteiger partial charge in [-0.05, 0) is 35.7 Å². The molecule has 0 saturated heterocycles. The van der Waals surface area contributed by atoms with Crippen LogP contribution in [-0.4, -0.2) is 12.5 Å². The van der Waals surface area contributed by atoms with Crippen molar-refractivity contribution in [1.29, 1.82) is 0 Å². The van der Waals surface area contributed by atoms with Gasteiger partial charge < -0.3 is 11.1 Å². The van der Waals surface area contributed by atoms with Crippen molar-refractivity contribution in [2.45, 2.75) is 6.42 Å². The molecule has 3 N–H and O–H groups in total. The second-order valence-electron chi connectivity index (χ2n) is 4.22. The second-order valence-corrected chi connectivity index (χ2v) is 4.63. The number of carbonyl (C=O) groups is 1. The monoisotopic (exact) mass is 274 g/mol. The maximum atomic E-state index is 11.3. The number of halogens is 1. The molecule has 0 fully saturated rings. The molecule has 0 aliphatic rings. The summed E-state index contributed by atoms with van der Waals surface area (Å²) in [6, 6.07) is 15.5. The van der Waals surface area contributed by atoms with Gasteiger partial charge in [0.2, 0.25) is 5.91 Å². The molecule has 19 heavy (non-hydrogen) atoms. The lowest BCUT2D eigenvalue weighted by atomic mass is 10.0. The molecule has 0 spiro atoms. The normalized spacial score (nSPS) is 10.2. The molecule has 4 heteroatoms. The van der Waals surface area contributed by atoms with Crippen LogP contribution in [0, 0.1) is 0 Å². The number of benzene rings is 2. The average molecular weight is 275 g/mol. The van der Waals surface area contributed by atoms with Crippen LogP contribution in [-0.2, 0) is 11.2 Å². The Kier molecular flexibility index (Phi) is 4.55. The van der Waals surface area contributed by atoms with E-state index in [1.54, 1.807) is 12.1 Å². The van der Waals surface area contributed by atoms with Gasteiger partial charge in [0.1, 0.15) is 0 Å². The number of nitrogens with two attached hydrogens (primary N) is 1. The average Bonchev–Trinajstić information content (AvgIpc) is 2.43. The maximum absolute atomic E-state index is 11.3. The molecule has 2 aromatic carbocycles. The molecule has 2 aromatic rings. The fourth-order valence-corrected chi connectivity index (χ4v) is 2.00. The van der Waals surface area contributed by atoms with Crippen molar-refractivity contribution in [1.82, 2.24) is 0 Å². The molecule has 2 rings (SSSR count). The Morgan fingerprint density at radius 1 is 1.16 bits per heavy atom. The molecular formula is C15H15ClN2O. The fourth-order valence-electron chi connectivity index (χ4n) is 1.82. The van der Waals surface area contributed by atoms with Crippen LogP contribution in [0.2, 0.25) is 5.02 Å². The Labute approximate surface area is 117 Å². The van der Waals surface area contributed by atoms with Crippen LogP contribution in [0.25, 0.3) is 0 Å². The number of hydrogen-bond acceptors (Lipinski definition) is 2. The molecule has 0 bridgehead atoms. The summed E-state index contributed by atoms with van der Waals surface area (Å²) in [5.41, 5.74) is 8.13. The lowest BCUT2D eigenvalue weighted by molar-refractivity contribution is -0.114. The van der Waals surface area contributed by atoms with Crippen LogP contribution in [0.3, 0.4) is 0 Å². The predicted molar refractivity (Wildman–Crippen MR) is 78.4 cm³/mol. The largest absolute Gasteiger partial charge is 0.325 e. The van der Waals surface area contributed by atoms with Gasteiger partial charge in [-0.25, -0.2) is 0 Å². The number of carbonyl (C=O) groups excluding carboxylic acids is 1. The highest BCUT2D eigenvalue weighted by atomic mass is 35.5. The first-order valence-electron chi connectivity index (χ1n) is 6.01. The van der Waals surface area contributed by atoms with Crippen molar-refractivity contribution in [2.75, 3.05) is 11.9 Å². The first kappa shape index (κ1) is 13.6. The van der Waals surface area contributed by atoms with Crippen LogP contribution in [0.5, 0.6) is 0 Å². The third-order valence-electron chi connectivity index (χ3n) is 2.75. The van der Waals surface area contributed by atoms with E-state index in [0.717, 1.165) is 12.0 Å². The molecule has 0 atom stereocenters. The molecule has 98 valence electrons. The van der Waals surface area contributed by atoms with Gasteiger partial charge in [0, 0.05) is 10.7 Å². The second kappa shape index (κ2) is 6.36. The SMILES string of the molecule is NCC(=O)Nc1ccc(Cl)c(Cc2ccccc2)c1. The molecule has 0 aromatic heterocycles. The number of amides is 1. The van der Waals surface area contributed by atoms with Crippen molar-refractivity contribution in [3.8, 4) is 0 Å². The van der Waals surface area contributed by atoms with Gasteiger partial charge in [-0.2, -0.15) is 0 Å². The van der Waals surface area contributed by atoms with Crippen molar-refractivity contribution in [3.63, 3.8) is 0 Å². The molecule has 0 radical (unpaired) electrons. The summed E-state index contributed by atoms with van der Waals surface area (Å²) in [6.45, 7) is -0.0311. The van der Waals surface area contributed by atoms with E-state index in [-0.39, 0.29) is 12.5 Å². The summed E-state index contributed by atoms with van der Waals surface area (Å²) in [6.07, 6.45) is 0.728. The number of nitrogens with one attached hydrogen (secondary N) is 1. The van der Waals surface area contributed by atoms with Crippen LogP contribution in [0.4, 0.5) is 5.69 Å². The zero-order valence-electron chi connectivity index (χ0n) is 10.4. The lowest BCUT2D eigenvalue weighted by Gasteiger charge is -2.09. The zero-order chi connectivity index (χ0) is 13.7. The van der Waals surface area contributed by atoms with Crippen LogP contribution < -0.4 is 11.1 Å². The number of hydrogen-bond donors (Lipinski definition) is 2. The van der Waals surface area contributed by atoms with E-state index < -0.39 is 0 Å². The standard InChI is InChI=1S/C15H15ClN2O/c16-14-7-6-13(18-15(19)10-17)9-12(14)8-11-4-2-1-3-5-11/h1-7,9H,8,10,17H2,(H,18,19). The molecule has 0 aliphatic carbocycles. The van der Waals surface area contributed by atoms with Gasteiger partial charge >= 0.3 is 0 Å². The zero-order valence-corrected chi connectivity index (χ0v) is 11.2. The highest BCUT2D eigenvalue weighted by molar-refractivity contribution is 6.31. The van der Waals surface area contributed by atoms with Crippen LogP contribution in [0.15, 0.2) is 48.5 Å². The van der Waals surface area contributed by atoms with Crippen molar-refractivity contribution in [3.05, 3.63) is 64.7 Å². The van der Waals surface area contributed by atoms with E-state index >= 15 is 0 Å². The van der Waals surface area contributed by atoms with Gasteiger partial charge in [0.05, 0.1) is 6.54 Å². The summed E-state index contributed by atoms with van der Waals surface area (Å²) in [7, 11) is 0. The highest BCUT2D eigenvalue weighted by Crippen LogP contribution is 2.23. The summed E-state index contributed by atoms with van der Waals surface area (Å²) in [4.78, 5) is 11.3. The van der Waals surface area contributed by atoms with E-state index in [4.69, 9.17) is 17.3 Å². The van der Waals surface area contributed by atoms with Gasteiger partial charge in [0.25, 0.3) is 0 Å². The summed E-state index contributed by atoms with van der Waals surface area (Å²) < 4.78 is 0. The minimum Gasteiger partial charge on any atom is -0.325 e. The quantitative estimate of drug-likeness (QED) is 0.901. The molecule has 0 aliphatic heterocycles. The topological polar surface area (TPSA) is 55.1 Å². The molecule has 0 saturated carbocycles. The lowest BCUT2D eigenvalue weighted by Crippen LogP contribution is -2.21. The minimum atomic E-state index is -0.215. The smallest absolute Gasteiger partial charge is 0.238 e. The Balaban J connectivity index is 2.20.